The molecule has 1 aromatic heterocycles. The topological polar surface area (TPSA) is 34.1 Å². The molecule has 1 aliphatic carbocycles. The fourth-order valence-corrected chi connectivity index (χ4v) is 5.37. The molecule has 3 aromatic rings. The molecule has 1 atom stereocenters. The van der Waals surface area contributed by atoms with Gasteiger partial charge in [-0.25, -0.2) is 0 Å². The molecule has 0 unspecified atom stereocenters. The highest BCUT2D eigenvalue weighted by molar-refractivity contribution is 5.70. The van der Waals surface area contributed by atoms with Crippen LogP contribution in [0.3, 0.4) is 0 Å². The minimum absolute atomic E-state index is 0.124. The number of hydrogen-bond donors (Lipinski definition) is 1. The van der Waals surface area contributed by atoms with Gasteiger partial charge in [0.25, 0.3) is 0 Å². The summed E-state index contributed by atoms with van der Waals surface area (Å²) in [7, 11) is 0. The third-order valence-corrected chi connectivity index (χ3v) is 7.04. The van der Waals surface area contributed by atoms with Gasteiger partial charge in [0.2, 0.25) is 0 Å². The van der Waals surface area contributed by atoms with Crippen LogP contribution >= 0.6 is 0 Å². The maximum atomic E-state index is 6.37. The molecule has 0 radical (unpaired) electrons. The van der Waals surface area contributed by atoms with Gasteiger partial charge in [0, 0.05) is 28.9 Å². The van der Waals surface area contributed by atoms with Crippen LogP contribution in [-0.4, -0.2) is 17.6 Å². The molecule has 1 N–H and O–H groups in total. The van der Waals surface area contributed by atoms with Crippen molar-refractivity contribution in [2.75, 3.05) is 6.54 Å². The highest BCUT2D eigenvalue weighted by Crippen LogP contribution is 2.34. The van der Waals surface area contributed by atoms with E-state index in [4.69, 9.17) is 9.72 Å². The van der Waals surface area contributed by atoms with Gasteiger partial charge in [-0.3, -0.25) is 4.98 Å². The number of aromatic nitrogens is 1. The summed E-state index contributed by atoms with van der Waals surface area (Å²) < 4.78 is 6.37. The minimum atomic E-state index is 0.124. The molecule has 0 saturated carbocycles. The van der Waals surface area contributed by atoms with Gasteiger partial charge < -0.3 is 10.1 Å². The van der Waals surface area contributed by atoms with Gasteiger partial charge in [0.15, 0.2) is 0 Å². The van der Waals surface area contributed by atoms with Crippen molar-refractivity contribution in [3.05, 3.63) is 82.0 Å². The quantitative estimate of drug-likeness (QED) is 0.370. The number of benzene rings is 2. The Morgan fingerprint density at radius 3 is 2.47 bits per heavy atom. The Balaban J connectivity index is 1.60. The van der Waals surface area contributed by atoms with Crippen LogP contribution in [0.2, 0.25) is 0 Å². The summed E-state index contributed by atoms with van der Waals surface area (Å²) in [5.74, 6) is 0.983. The summed E-state index contributed by atoms with van der Waals surface area (Å²) in [6.07, 6.45) is 6.69. The maximum Gasteiger partial charge on any atom is 0.126 e. The third-order valence-electron chi connectivity index (χ3n) is 7.04. The van der Waals surface area contributed by atoms with E-state index in [0.717, 1.165) is 42.9 Å². The van der Waals surface area contributed by atoms with Gasteiger partial charge in [0.05, 0.1) is 11.8 Å². The molecule has 0 aliphatic heterocycles. The average Bonchev–Trinajstić information content (AvgIpc) is 2.84. The van der Waals surface area contributed by atoms with E-state index in [1.54, 1.807) is 0 Å². The monoisotopic (exact) mass is 456 g/mol. The lowest BCUT2D eigenvalue weighted by Gasteiger charge is -2.27. The molecule has 3 heteroatoms. The van der Waals surface area contributed by atoms with Crippen molar-refractivity contribution in [3.63, 3.8) is 0 Å². The second kappa shape index (κ2) is 11.2. The fourth-order valence-electron chi connectivity index (χ4n) is 5.37. The SMILES string of the molecule is CCc1cccc(CC)c1-c1cc(OC(C)C)c(CCN[C@H]2CCCc3ccccc32)c(C)n1. The van der Waals surface area contributed by atoms with Crippen LogP contribution in [0.25, 0.3) is 11.3 Å². The zero-order chi connectivity index (χ0) is 24.1. The molecular weight excluding hydrogens is 416 g/mol. The maximum absolute atomic E-state index is 6.37. The predicted molar refractivity (Wildman–Crippen MR) is 143 cm³/mol. The van der Waals surface area contributed by atoms with Crippen molar-refractivity contribution in [2.45, 2.75) is 85.3 Å². The van der Waals surface area contributed by atoms with E-state index in [2.05, 4.69) is 88.5 Å². The highest BCUT2D eigenvalue weighted by Gasteiger charge is 2.20. The number of fused-ring (bicyclic) bond motifs is 1. The molecule has 0 amide bonds. The van der Waals surface area contributed by atoms with Crippen molar-refractivity contribution >= 4 is 0 Å². The second-order valence-corrected chi connectivity index (χ2v) is 9.74. The van der Waals surface area contributed by atoms with Gasteiger partial charge in [0.1, 0.15) is 5.75 Å². The lowest BCUT2D eigenvalue weighted by molar-refractivity contribution is 0.239. The third kappa shape index (κ3) is 5.36. The van der Waals surface area contributed by atoms with Gasteiger partial charge in [-0.15, -0.1) is 0 Å². The molecule has 34 heavy (non-hydrogen) atoms. The molecule has 0 saturated heterocycles. The average molecular weight is 457 g/mol. The molecule has 180 valence electrons. The summed E-state index contributed by atoms with van der Waals surface area (Å²) in [4.78, 5) is 5.12. The zero-order valence-corrected chi connectivity index (χ0v) is 21.6. The Kier molecular flexibility index (Phi) is 8.05. The smallest absolute Gasteiger partial charge is 0.126 e. The largest absolute Gasteiger partial charge is 0.491 e. The van der Waals surface area contributed by atoms with Gasteiger partial charge in [-0.2, -0.15) is 0 Å². The lowest BCUT2D eigenvalue weighted by atomic mass is 9.87. The first-order valence-electron chi connectivity index (χ1n) is 13.1. The van der Waals surface area contributed by atoms with Crippen molar-refractivity contribution in [1.82, 2.24) is 10.3 Å². The van der Waals surface area contributed by atoms with E-state index in [1.165, 1.54) is 52.6 Å². The van der Waals surface area contributed by atoms with E-state index in [9.17, 15) is 0 Å². The highest BCUT2D eigenvalue weighted by atomic mass is 16.5. The Bertz CT molecular complexity index is 1100. The number of hydrogen-bond acceptors (Lipinski definition) is 3. The van der Waals surface area contributed by atoms with Crippen LogP contribution in [-0.2, 0) is 25.7 Å². The van der Waals surface area contributed by atoms with Gasteiger partial charge in [-0.1, -0.05) is 56.3 Å². The summed E-state index contributed by atoms with van der Waals surface area (Å²) >= 11 is 0. The van der Waals surface area contributed by atoms with Crippen molar-refractivity contribution in [1.29, 1.82) is 0 Å². The molecule has 0 fully saturated rings. The summed E-state index contributed by atoms with van der Waals surface area (Å²) in [5.41, 5.74) is 10.3. The van der Waals surface area contributed by atoms with E-state index in [0.29, 0.717) is 6.04 Å². The molecule has 2 aromatic carbocycles. The number of pyridine rings is 1. The van der Waals surface area contributed by atoms with Crippen molar-refractivity contribution in [3.8, 4) is 17.0 Å². The van der Waals surface area contributed by atoms with Crippen LogP contribution < -0.4 is 10.1 Å². The van der Waals surface area contributed by atoms with Crippen LogP contribution in [0.15, 0.2) is 48.5 Å². The normalized spacial score (nSPS) is 15.4. The zero-order valence-electron chi connectivity index (χ0n) is 21.6. The Morgan fingerprint density at radius 1 is 1.03 bits per heavy atom. The Morgan fingerprint density at radius 2 is 1.76 bits per heavy atom. The fraction of sp³-hybridized carbons (Fsp3) is 0.452. The van der Waals surface area contributed by atoms with Crippen molar-refractivity contribution in [2.24, 2.45) is 0 Å². The van der Waals surface area contributed by atoms with E-state index in [-0.39, 0.29) is 6.10 Å². The first kappa shape index (κ1) is 24.5. The summed E-state index contributed by atoms with van der Waals surface area (Å²) in [6.45, 7) is 11.7. The molecule has 1 heterocycles. The lowest BCUT2D eigenvalue weighted by Crippen LogP contribution is -2.27. The van der Waals surface area contributed by atoms with Crippen LogP contribution in [0, 0.1) is 6.92 Å². The van der Waals surface area contributed by atoms with Crippen molar-refractivity contribution < 1.29 is 4.74 Å². The number of aryl methyl sites for hydroxylation is 4. The van der Waals surface area contributed by atoms with Gasteiger partial charge in [-0.05, 0) is 88.1 Å². The first-order valence-corrected chi connectivity index (χ1v) is 13.1. The summed E-state index contributed by atoms with van der Waals surface area (Å²) in [5, 5.41) is 3.83. The predicted octanol–water partition coefficient (Wildman–Crippen LogP) is 7.18. The molecule has 0 spiro atoms. The molecule has 3 nitrogen and oxygen atoms in total. The van der Waals surface area contributed by atoms with Crippen LogP contribution in [0.5, 0.6) is 5.75 Å². The number of nitrogens with one attached hydrogen (secondary N) is 1. The second-order valence-electron chi connectivity index (χ2n) is 9.74. The molecule has 4 rings (SSSR count). The van der Waals surface area contributed by atoms with E-state index >= 15 is 0 Å². The Hall–Kier alpha value is -2.65. The Labute approximate surface area is 206 Å². The van der Waals surface area contributed by atoms with Crippen LogP contribution in [0.4, 0.5) is 0 Å². The molecule has 0 bridgehead atoms. The molecule has 1 aliphatic rings. The van der Waals surface area contributed by atoms with E-state index < -0.39 is 0 Å². The minimum Gasteiger partial charge on any atom is -0.491 e. The van der Waals surface area contributed by atoms with Crippen LogP contribution in [0.1, 0.15) is 80.1 Å². The van der Waals surface area contributed by atoms with Gasteiger partial charge >= 0.3 is 0 Å². The first-order chi connectivity index (χ1) is 16.5. The summed E-state index contributed by atoms with van der Waals surface area (Å²) in [6, 6.07) is 18.2. The number of rotatable bonds is 9. The standard InChI is InChI=1S/C31H40N2O/c1-6-23-13-10-14-24(7-2)31(23)29-20-30(34-21(3)4)26(22(5)33-29)18-19-32-28-17-11-15-25-12-8-9-16-27(25)28/h8-10,12-14,16,20-21,28,32H,6-7,11,15,17-19H2,1-5H3/t28-/m0/s1. The molecular formula is C31H40N2O. The van der Waals surface area contributed by atoms with E-state index in [1.807, 2.05) is 0 Å². The number of nitrogens with zero attached hydrogens (tertiary/aromatic N) is 1. The number of ether oxygens (including phenoxy) is 1.